The summed E-state index contributed by atoms with van der Waals surface area (Å²) in [4.78, 5) is 28.2. The second-order valence-electron chi connectivity index (χ2n) is 5.20. The van der Waals surface area contributed by atoms with E-state index < -0.39 is 0 Å². The van der Waals surface area contributed by atoms with E-state index in [1.807, 2.05) is 12.1 Å². The highest BCUT2D eigenvalue weighted by atomic mass is 32.1. The van der Waals surface area contributed by atoms with Gasteiger partial charge in [-0.2, -0.15) is 0 Å². The van der Waals surface area contributed by atoms with E-state index in [2.05, 4.69) is 25.8 Å². The Labute approximate surface area is 148 Å². The molecule has 8 heteroatoms. The lowest BCUT2D eigenvalue weighted by molar-refractivity contribution is 0.0950. The van der Waals surface area contributed by atoms with Crippen LogP contribution >= 0.6 is 11.3 Å². The molecule has 0 saturated carbocycles. The molecule has 0 aliphatic rings. The van der Waals surface area contributed by atoms with Crippen molar-refractivity contribution < 1.29 is 9.59 Å². The maximum absolute atomic E-state index is 12.1. The third kappa shape index (κ3) is 4.45. The van der Waals surface area contributed by atoms with E-state index in [1.54, 1.807) is 43.6 Å². The van der Waals surface area contributed by atoms with Crippen molar-refractivity contribution in [1.82, 2.24) is 20.5 Å². The summed E-state index contributed by atoms with van der Waals surface area (Å²) < 4.78 is 0. The van der Waals surface area contributed by atoms with Gasteiger partial charge in [0.25, 0.3) is 11.8 Å². The molecule has 0 radical (unpaired) electrons. The van der Waals surface area contributed by atoms with Gasteiger partial charge in [-0.15, -0.1) is 10.2 Å². The number of aryl methyl sites for hydroxylation is 1. The second-order valence-corrected chi connectivity index (χ2v) is 6.38. The predicted octanol–water partition coefficient (Wildman–Crippen LogP) is 2.42. The Morgan fingerprint density at radius 3 is 2.52 bits per heavy atom. The lowest BCUT2D eigenvalue weighted by Crippen LogP contribution is -2.22. The van der Waals surface area contributed by atoms with Crippen LogP contribution in [0.3, 0.4) is 0 Å². The van der Waals surface area contributed by atoms with E-state index in [0.717, 1.165) is 10.6 Å². The number of nitrogens with zero attached hydrogens (tertiary/aromatic N) is 3. The molecule has 3 aromatic rings. The molecule has 25 heavy (non-hydrogen) atoms. The summed E-state index contributed by atoms with van der Waals surface area (Å²) >= 11 is 1.22. The summed E-state index contributed by atoms with van der Waals surface area (Å²) in [6.07, 6.45) is 3.38. The van der Waals surface area contributed by atoms with Crippen molar-refractivity contribution in [1.29, 1.82) is 0 Å². The molecule has 2 amide bonds. The predicted molar refractivity (Wildman–Crippen MR) is 94.4 cm³/mol. The zero-order chi connectivity index (χ0) is 17.6. The van der Waals surface area contributed by atoms with Crippen molar-refractivity contribution in [2.24, 2.45) is 0 Å². The topological polar surface area (TPSA) is 96.9 Å². The molecule has 0 aliphatic carbocycles. The molecule has 7 nitrogen and oxygen atoms in total. The number of nitrogens with one attached hydrogen (secondary N) is 2. The highest BCUT2D eigenvalue weighted by molar-refractivity contribution is 7.13. The van der Waals surface area contributed by atoms with Gasteiger partial charge in [-0.1, -0.05) is 17.4 Å². The van der Waals surface area contributed by atoms with Crippen molar-refractivity contribution in [3.63, 3.8) is 0 Å². The lowest BCUT2D eigenvalue weighted by Gasteiger charge is -2.07. The van der Waals surface area contributed by atoms with Gasteiger partial charge in [-0.25, -0.2) is 0 Å². The van der Waals surface area contributed by atoms with E-state index in [1.165, 1.54) is 11.3 Å². The Morgan fingerprint density at radius 2 is 1.88 bits per heavy atom. The van der Waals surface area contributed by atoms with Crippen LogP contribution in [0.1, 0.15) is 30.7 Å². The van der Waals surface area contributed by atoms with Crippen molar-refractivity contribution >= 4 is 28.8 Å². The molecule has 0 unspecified atom stereocenters. The minimum absolute atomic E-state index is 0.193. The van der Waals surface area contributed by atoms with Crippen LogP contribution in [0.5, 0.6) is 0 Å². The van der Waals surface area contributed by atoms with Crippen LogP contribution in [-0.4, -0.2) is 27.0 Å². The first-order valence-corrected chi connectivity index (χ1v) is 8.32. The van der Waals surface area contributed by atoms with Gasteiger partial charge in [0.2, 0.25) is 5.01 Å². The normalized spacial score (nSPS) is 10.3. The Hall–Kier alpha value is -3.13. The first-order valence-electron chi connectivity index (χ1n) is 7.50. The Morgan fingerprint density at radius 1 is 1.08 bits per heavy atom. The molecule has 126 valence electrons. The van der Waals surface area contributed by atoms with Crippen LogP contribution in [0, 0.1) is 6.92 Å². The number of amides is 2. The van der Waals surface area contributed by atoms with Crippen molar-refractivity contribution in [2.45, 2.75) is 13.5 Å². The summed E-state index contributed by atoms with van der Waals surface area (Å²) in [5.41, 5.74) is 2.02. The number of hydrogen-bond donors (Lipinski definition) is 2. The molecule has 2 aromatic heterocycles. The minimum atomic E-state index is -0.320. The molecule has 3 rings (SSSR count). The fraction of sp³-hybridized carbons (Fsp3) is 0.118. The zero-order valence-corrected chi connectivity index (χ0v) is 14.2. The number of benzene rings is 1. The number of hydrogen-bond acceptors (Lipinski definition) is 6. The fourth-order valence-electron chi connectivity index (χ4n) is 2.06. The fourth-order valence-corrected chi connectivity index (χ4v) is 2.65. The maximum Gasteiger partial charge on any atom is 0.286 e. The van der Waals surface area contributed by atoms with Gasteiger partial charge in [-0.05, 0) is 42.8 Å². The van der Waals surface area contributed by atoms with Gasteiger partial charge in [0.1, 0.15) is 5.01 Å². The molecule has 0 atom stereocenters. The Balaban J connectivity index is 1.58. The van der Waals surface area contributed by atoms with E-state index >= 15 is 0 Å². The monoisotopic (exact) mass is 353 g/mol. The van der Waals surface area contributed by atoms with Gasteiger partial charge in [0.05, 0.1) is 0 Å². The molecule has 2 N–H and O–H groups in total. The van der Waals surface area contributed by atoms with Gasteiger partial charge in [-0.3, -0.25) is 14.6 Å². The number of rotatable bonds is 5. The van der Waals surface area contributed by atoms with Crippen LogP contribution in [0.2, 0.25) is 0 Å². The number of carbonyl (C=O) groups excluding carboxylic acids is 2. The second kappa shape index (κ2) is 7.63. The van der Waals surface area contributed by atoms with Crippen LogP contribution in [0.4, 0.5) is 5.69 Å². The lowest BCUT2D eigenvalue weighted by atomic mass is 10.2. The van der Waals surface area contributed by atoms with Crippen LogP contribution in [-0.2, 0) is 6.54 Å². The molecule has 1 aromatic carbocycles. The highest BCUT2D eigenvalue weighted by Gasteiger charge is 2.12. The standard InChI is InChI=1S/C17H15N5O2S/c1-11-21-22-17(25-11)16(24)20-14-6-4-13(5-7-14)15(23)19-10-12-3-2-8-18-9-12/h2-9H,10H2,1H3,(H,19,23)(H,20,24). The zero-order valence-electron chi connectivity index (χ0n) is 13.4. The van der Waals surface area contributed by atoms with Crippen LogP contribution in [0.15, 0.2) is 48.8 Å². The summed E-state index contributed by atoms with van der Waals surface area (Å²) in [5, 5.41) is 14.2. The highest BCUT2D eigenvalue weighted by Crippen LogP contribution is 2.14. The van der Waals surface area contributed by atoms with E-state index in [0.29, 0.717) is 22.8 Å². The molecular weight excluding hydrogens is 338 g/mol. The molecule has 0 spiro atoms. The first kappa shape index (κ1) is 16.7. The third-order valence-electron chi connectivity index (χ3n) is 3.30. The molecule has 0 fully saturated rings. The maximum atomic E-state index is 12.1. The number of aromatic nitrogens is 3. The number of carbonyl (C=O) groups is 2. The van der Waals surface area contributed by atoms with Gasteiger partial charge < -0.3 is 10.6 Å². The smallest absolute Gasteiger partial charge is 0.286 e. The number of pyridine rings is 1. The van der Waals surface area contributed by atoms with Crippen molar-refractivity contribution in [2.75, 3.05) is 5.32 Å². The largest absolute Gasteiger partial charge is 0.348 e. The molecular formula is C17H15N5O2S. The Bertz CT molecular complexity index is 878. The van der Waals surface area contributed by atoms with Gasteiger partial charge >= 0.3 is 0 Å². The summed E-state index contributed by atoms with van der Waals surface area (Å²) in [7, 11) is 0. The average Bonchev–Trinajstić information content (AvgIpc) is 3.08. The Kier molecular flexibility index (Phi) is 5.10. The van der Waals surface area contributed by atoms with Crippen molar-refractivity contribution in [3.8, 4) is 0 Å². The van der Waals surface area contributed by atoms with Gasteiger partial charge in [0, 0.05) is 30.2 Å². The van der Waals surface area contributed by atoms with E-state index in [4.69, 9.17) is 0 Å². The SMILES string of the molecule is Cc1nnc(C(=O)Nc2ccc(C(=O)NCc3cccnc3)cc2)s1. The summed E-state index contributed by atoms with van der Waals surface area (Å²) in [5.74, 6) is -0.513. The third-order valence-corrected chi connectivity index (χ3v) is 4.14. The molecule has 0 saturated heterocycles. The summed E-state index contributed by atoms with van der Waals surface area (Å²) in [6.45, 7) is 2.19. The van der Waals surface area contributed by atoms with Gasteiger partial charge in [0.15, 0.2) is 0 Å². The van der Waals surface area contributed by atoms with E-state index in [-0.39, 0.29) is 11.8 Å². The molecule has 0 bridgehead atoms. The quantitative estimate of drug-likeness (QED) is 0.734. The minimum Gasteiger partial charge on any atom is -0.348 e. The van der Waals surface area contributed by atoms with Crippen molar-refractivity contribution in [3.05, 3.63) is 69.9 Å². The van der Waals surface area contributed by atoms with Crippen LogP contribution in [0.25, 0.3) is 0 Å². The average molecular weight is 353 g/mol. The first-order chi connectivity index (χ1) is 12.1. The summed E-state index contributed by atoms with van der Waals surface area (Å²) in [6, 6.07) is 10.4. The molecule has 2 heterocycles. The van der Waals surface area contributed by atoms with E-state index in [9.17, 15) is 9.59 Å². The molecule has 0 aliphatic heterocycles. The van der Waals surface area contributed by atoms with Crippen LogP contribution < -0.4 is 10.6 Å². The number of anilines is 1.